The number of benzene rings is 5. The van der Waals surface area contributed by atoms with Crippen LogP contribution in [0.5, 0.6) is 0 Å². The molecule has 0 saturated carbocycles. The van der Waals surface area contributed by atoms with Gasteiger partial charge in [0.25, 0.3) is 5.69 Å². The number of fused-ring (bicyclic) bond motifs is 4. The zero-order valence-electron chi connectivity index (χ0n) is 23.7. The fourth-order valence-corrected chi connectivity index (χ4v) is 6.14. The predicted molar refractivity (Wildman–Crippen MR) is 180 cm³/mol. The minimum absolute atomic E-state index is 0.0696. The van der Waals surface area contributed by atoms with Crippen molar-refractivity contribution in [3.05, 3.63) is 143 Å². The standard InChI is InChI=1S/C38H30N2O2/c1-5-12-25-18-21-35-37(29(25)7-3)38-30(8-4)26(13-6-2)19-22-36(38)39(35)28-20-23-34(40(41)42)33(24-28)32-17-11-15-27-14-9-10-16-31(27)32/h5-24H,3-4H2,1-2H3/b12-5-,13-6-. The van der Waals surface area contributed by atoms with Crippen LogP contribution < -0.4 is 0 Å². The Kier molecular flexibility index (Phi) is 6.89. The molecule has 4 heteroatoms. The van der Waals surface area contributed by atoms with E-state index in [2.05, 4.69) is 54.1 Å². The predicted octanol–water partition coefficient (Wildman–Crippen LogP) is 10.9. The van der Waals surface area contributed by atoms with E-state index in [4.69, 9.17) is 0 Å². The van der Waals surface area contributed by atoms with Crippen molar-refractivity contribution in [2.45, 2.75) is 13.8 Å². The Bertz CT molecular complexity index is 2040. The molecule has 0 bridgehead atoms. The van der Waals surface area contributed by atoms with Crippen molar-refractivity contribution in [1.29, 1.82) is 0 Å². The summed E-state index contributed by atoms with van der Waals surface area (Å²) in [5.41, 5.74) is 8.51. The van der Waals surface area contributed by atoms with Crippen LogP contribution in [0.2, 0.25) is 0 Å². The Hall–Kier alpha value is -5.48. The van der Waals surface area contributed by atoms with Gasteiger partial charge in [-0.15, -0.1) is 0 Å². The summed E-state index contributed by atoms with van der Waals surface area (Å²) in [4.78, 5) is 12.0. The lowest BCUT2D eigenvalue weighted by molar-refractivity contribution is -0.384. The van der Waals surface area contributed by atoms with Crippen LogP contribution in [0.25, 0.3) is 73.7 Å². The van der Waals surface area contributed by atoms with Gasteiger partial charge in [0, 0.05) is 22.5 Å². The maximum Gasteiger partial charge on any atom is 0.277 e. The maximum absolute atomic E-state index is 12.3. The number of hydrogen-bond donors (Lipinski definition) is 0. The summed E-state index contributed by atoms with van der Waals surface area (Å²) in [5, 5.41) is 16.4. The molecule has 0 aliphatic heterocycles. The first-order valence-electron chi connectivity index (χ1n) is 13.9. The van der Waals surface area contributed by atoms with Crippen LogP contribution in [-0.4, -0.2) is 9.49 Å². The van der Waals surface area contributed by atoms with E-state index in [9.17, 15) is 10.1 Å². The Morgan fingerprint density at radius 2 is 1.31 bits per heavy atom. The largest absolute Gasteiger partial charge is 0.309 e. The summed E-state index contributed by atoms with van der Waals surface area (Å²) in [7, 11) is 0. The van der Waals surface area contributed by atoms with Crippen LogP contribution in [-0.2, 0) is 0 Å². The van der Waals surface area contributed by atoms with Crippen LogP contribution in [0.15, 0.2) is 110 Å². The highest BCUT2D eigenvalue weighted by Crippen LogP contribution is 2.42. The molecule has 0 fully saturated rings. The van der Waals surface area contributed by atoms with Gasteiger partial charge in [0.15, 0.2) is 0 Å². The number of nitrogens with zero attached hydrogens (tertiary/aromatic N) is 2. The van der Waals surface area contributed by atoms with E-state index in [-0.39, 0.29) is 10.6 Å². The van der Waals surface area contributed by atoms with Crippen molar-refractivity contribution in [2.24, 2.45) is 0 Å². The highest BCUT2D eigenvalue weighted by Gasteiger charge is 2.22. The molecule has 0 amide bonds. The molecule has 0 saturated heterocycles. The molecule has 0 unspecified atom stereocenters. The highest BCUT2D eigenvalue weighted by molar-refractivity contribution is 6.17. The average Bonchev–Trinajstić information content (AvgIpc) is 3.35. The Balaban J connectivity index is 1.77. The average molecular weight is 547 g/mol. The van der Waals surface area contributed by atoms with Gasteiger partial charge in [0.1, 0.15) is 0 Å². The number of hydrogen-bond acceptors (Lipinski definition) is 2. The van der Waals surface area contributed by atoms with Crippen LogP contribution in [0.4, 0.5) is 5.69 Å². The topological polar surface area (TPSA) is 48.1 Å². The lowest BCUT2D eigenvalue weighted by atomic mass is 9.95. The molecule has 0 N–H and O–H groups in total. The van der Waals surface area contributed by atoms with E-state index in [1.54, 1.807) is 6.07 Å². The van der Waals surface area contributed by atoms with Crippen LogP contribution in [0.3, 0.4) is 0 Å². The number of aromatic nitrogens is 1. The van der Waals surface area contributed by atoms with Crippen LogP contribution >= 0.6 is 0 Å². The van der Waals surface area contributed by atoms with Gasteiger partial charge in [-0.2, -0.15) is 0 Å². The summed E-state index contributed by atoms with van der Waals surface area (Å²) in [6, 6.07) is 27.8. The van der Waals surface area contributed by atoms with E-state index in [0.717, 1.165) is 66.1 Å². The normalized spacial score (nSPS) is 11.8. The molecule has 0 radical (unpaired) electrons. The minimum Gasteiger partial charge on any atom is -0.309 e. The molecule has 204 valence electrons. The Morgan fingerprint density at radius 3 is 1.88 bits per heavy atom. The van der Waals surface area contributed by atoms with Gasteiger partial charge in [-0.3, -0.25) is 10.1 Å². The molecule has 4 nitrogen and oxygen atoms in total. The molecule has 6 rings (SSSR count). The molecule has 6 aromatic rings. The van der Waals surface area contributed by atoms with Gasteiger partial charge in [-0.1, -0.05) is 104 Å². The van der Waals surface area contributed by atoms with Crippen LogP contribution in [0.1, 0.15) is 36.1 Å². The number of allylic oxidation sites excluding steroid dienone is 2. The molecule has 42 heavy (non-hydrogen) atoms. The zero-order chi connectivity index (χ0) is 29.4. The molecule has 0 aliphatic rings. The maximum atomic E-state index is 12.3. The molecule has 1 aromatic heterocycles. The van der Waals surface area contributed by atoms with Gasteiger partial charge < -0.3 is 4.57 Å². The molecular formula is C38H30N2O2. The lowest BCUT2D eigenvalue weighted by Crippen LogP contribution is -1.98. The van der Waals surface area contributed by atoms with Crippen molar-refractivity contribution in [1.82, 2.24) is 4.57 Å². The Morgan fingerprint density at radius 1 is 0.714 bits per heavy atom. The van der Waals surface area contributed by atoms with E-state index < -0.39 is 0 Å². The van der Waals surface area contributed by atoms with Crippen molar-refractivity contribution in [3.8, 4) is 16.8 Å². The third kappa shape index (κ3) is 4.16. The summed E-state index contributed by atoms with van der Waals surface area (Å²) >= 11 is 0. The smallest absolute Gasteiger partial charge is 0.277 e. The fourth-order valence-electron chi connectivity index (χ4n) is 6.14. The quantitative estimate of drug-likeness (QED) is 0.148. The first-order chi connectivity index (χ1) is 20.5. The highest BCUT2D eigenvalue weighted by atomic mass is 16.6. The first-order valence-corrected chi connectivity index (χ1v) is 13.9. The van der Waals surface area contributed by atoms with Gasteiger partial charge in [-0.05, 0) is 76.7 Å². The fraction of sp³-hybridized carbons (Fsp3) is 0.0526. The molecular weight excluding hydrogens is 516 g/mol. The van der Waals surface area contributed by atoms with E-state index >= 15 is 0 Å². The number of rotatable bonds is 7. The molecule has 0 aliphatic carbocycles. The van der Waals surface area contributed by atoms with E-state index in [0.29, 0.717) is 5.56 Å². The third-order valence-corrected chi connectivity index (χ3v) is 7.86. The van der Waals surface area contributed by atoms with Crippen molar-refractivity contribution in [2.75, 3.05) is 0 Å². The van der Waals surface area contributed by atoms with E-state index in [1.807, 2.05) is 92.7 Å². The first kappa shape index (κ1) is 26.7. The second kappa shape index (κ2) is 10.8. The van der Waals surface area contributed by atoms with Gasteiger partial charge in [0.2, 0.25) is 0 Å². The van der Waals surface area contributed by atoms with Crippen molar-refractivity contribution < 1.29 is 4.92 Å². The monoisotopic (exact) mass is 546 g/mol. The molecule has 0 atom stereocenters. The van der Waals surface area contributed by atoms with Crippen molar-refractivity contribution in [3.63, 3.8) is 0 Å². The molecule has 0 spiro atoms. The third-order valence-electron chi connectivity index (χ3n) is 7.86. The van der Waals surface area contributed by atoms with Crippen LogP contribution in [0, 0.1) is 10.1 Å². The van der Waals surface area contributed by atoms with Gasteiger partial charge in [-0.25, -0.2) is 0 Å². The SMILES string of the molecule is C=Cc1c(/C=C\C)ccc2c1c1c(C=C)c(/C=C\C)ccc1n2-c1ccc([N+](=O)[O-])c(-c2cccc3ccccc23)c1. The summed E-state index contributed by atoms with van der Waals surface area (Å²) in [5.74, 6) is 0. The summed E-state index contributed by atoms with van der Waals surface area (Å²) in [6.45, 7) is 12.4. The van der Waals surface area contributed by atoms with Gasteiger partial charge in [0.05, 0.1) is 21.5 Å². The number of nitro benzene ring substituents is 1. The van der Waals surface area contributed by atoms with E-state index in [1.165, 1.54) is 0 Å². The lowest BCUT2D eigenvalue weighted by Gasteiger charge is -2.13. The summed E-state index contributed by atoms with van der Waals surface area (Å²) < 4.78 is 2.20. The van der Waals surface area contributed by atoms with Gasteiger partial charge >= 0.3 is 0 Å². The second-order valence-electron chi connectivity index (χ2n) is 10.2. The zero-order valence-corrected chi connectivity index (χ0v) is 23.7. The Labute approximate surface area is 245 Å². The summed E-state index contributed by atoms with van der Waals surface area (Å²) in [6.07, 6.45) is 12.1. The molecule has 5 aromatic carbocycles. The number of nitro groups is 1. The minimum atomic E-state index is -0.300. The van der Waals surface area contributed by atoms with Crippen molar-refractivity contribution >= 4 is 62.6 Å². The second-order valence-corrected chi connectivity index (χ2v) is 10.2. The molecule has 1 heterocycles.